The highest BCUT2D eigenvalue weighted by Crippen LogP contribution is 2.36. The van der Waals surface area contributed by atoms with E-state index in [4.69, 9.17) is 44.1 Å². The van der Waals surface area contributed by atoms with Gasteiger partial charge in [-0.1, -0.05) is 246 Å². The molecule has 0 aliphatic rings. The SMILES string of the molecule is CCC(C)(C)C(=O)OC(C)(C)C.CCC(C)(C)C(=O)OC(C)(C)C.CCC(C)(C)C(=O)OC(C)(C)C.CCC(C)(C)C(=O)OC(C)(C)C.CCC(C)c1ccc(Cn2c3ccccc3c3ccccc32)cc1.CCC(C)c1ccc(O)c(C(=O)OC)c1.CCC(C)c1ccc(O)c(OC)c1.CCC(C)c1ccc(O)cc1.CCC(C)c1ccc(O)cc1.CCC(C)c1ccc(O)cc1.CCC(C)c1ccc(O)cc1. The fourth-order valence-corrected chi connectivity index (χ4v) is 12.5. The molecule has 9 aromatic carbocycles. The Morgan fingerprint density at radius 2 is 0.493 bits per heavy atom. The lowest BCUT2D eigenvalue weighted by atomic mass is 9.90. The average Bonchev–Trinajstić information content (AvgIpc) is 1.61. The van der Waals surface area contributed by atoms with Gasteiger partial charge in [0.2, 0.25) is 0 Å². The summed E-state index contributed by atoms with van der Waals surface area (Å²) in [6.07, 6.45) is 11.1. The van der Waals surface area contributed by atoms with Crippen LogP contribution < -0.4 is 4.74 Å². The second-order valence-corrected chi connectivity index (χ2v) is 44.0. The first-order valence-corrected chi connectivity index (χ1v) is 52.2. The summed E-state index contributed by atoms with van der Waals surface area (Å²) < 4.78 is 33.1. The zero-order chi connectivity index (χ0) is 111. The Hall–Kier alpha value is -11.3. The molecule has 0 radical (unpaired) electrons. The van der Waals surface area contributed by atoms with Crippen molar-refractivity contribution in [1.82, 2.24) is 4.57 Å². The van der Waals surface area contributed by atoms with Crippen LogP contribution in [0.2, 0.25) is 0 Å². The molecule has 144 heavy (non-hydrogen) atoms. The van der Waals surface area contributed by atoms with Crippen LogP contribution in [0.25, 0.3) is 21.8 Å². The van der Waals surface area contributed by atoms with E-state index in [1.54, 1.807) is 67.8 Å². The van der Waals surface area contributed by atoms with E-state index in [1.807, 2.05) is 233 Å². The number of methoxy groups -OCH3 is 2. The number of para-hydroxylation sites is 2. The van der Waals surface area contributed by atoms with E-state index in [-0.39, 0.29) is 85.0 Å². The fourth-order valence-electron chi connectivity index (χ4n) is 12.5. The van der Waals surface area contributed by atoms with Gasteiger partial charge in [-0.2, -0.15) is 0 Å². The highest BCUT2D eigenvalue weighted by atomic mass is 16.6. The summed E-state index contributed by atoms with van der Waals surface area (Å²) in [7, 11) is 2.87. The third kappa shape index (κ3) is 50.5. The van der Waals surface area contributed by atoms with Crippen molar-refractivity contribution in [3.05, 3.63) is 256 Å². The normalized spacial score (nSPS) is 12.8. The van der Waals surface area contributed by atoms with E-state index in [0.717, 1.165) is 76.3 Å². The Morgan fingerprint density at radius 1 is 0.278 bits per heavy atom. The van der Waals surface area contributed by atoms with Crippen LogP contribution in [0.1, 0.15) is 430 Å². The van der Waals surface area contributed by atoms with Crippen molar-refractivity contribution in [2.24, 2.45) is 21.7 Å². The number of ether oxygens (including phenoxy) is 6. The van der Waals surface area contributed by atoms with Gasteiger partial charge in [-0.05, 0) is 380 Å². The minimum absolute atomic E-state index is 0.0334. The molecule has 0 spiro atoms. The summed E-state index contributed by atoms with van der Waals surface area (Å²) >= 11 is 0. The molecule has 802 valence electrons. The van der Waals surface area contributed by atoms with Crippen LogP contribution in [0.4, 0.5) is 0 Å². The monoisotopic (exact) mass is 1990 g/mol. The van der Waals surface area contributed by atoms with Crippen molar-refractivity contribution in [1.29, 1.82) is 0 Å². The number of esters is 5. The van der Waals surface area contributed by atoms with Crippen LogP contribution >= 0.6 is 0 Å². The number of fused-ring (bicyclic) bond motifs is 3. The largest absolute Gasteiger partial charge is 0.508 e. The lowest BCUT2D eigenvalue weighted by Gasteiger charge is -2.27. The Morgan fingerprint density at radius 3 is 0.715 bits per heavy atom. The predicted octanol–water partition coefficient (Wildman–Crippen LogP) is 34.6. The van der Waals surface area contributed by atoms with Gasteiger partial charge < -0.3 is 63.6 Å². The molecule has 0 saturated carbocycles. The van der Waals surface area contributed by atoms with Gasteiger partial charge in [0.25, 0.3) is 0 Å². The zero-order valence-corrected chi connectivity index (χ0v) is 96.3. The zero-order valence-electron chi connectivity index (χ0n) is 96.3. The number of benzene rings is 9. The second kappa shape index (κ2) is 63.9. The fraction of sp³-hybridized carbons (Fsp3) is 0.532. The topological polar surface area (TPSA) is 267 Å². The van der Waals surface area contributed by atoms with Crippen molar-refractivity contribution in [3.8, 4) is 40.2 Å². The summed E-state index contributed by atoms with van der Waals surface area (Å²) in [5.41, 5.74) is 10.2. The van der Waals surface area contributed by atoms with Crippen LogP contribution in [0.5, 0.6) is 40.2 Å². The summed E-state index contributed by atoms with van der Waals surface area (Å²) in [5.74, 6) is 5.03. The molecule has 18 heteroatoms. The molecular weight excluding hydrogens is 1800 g/mol. The Labute approximate surface area is 870 Å². The lowest BCUT2D eigenvalue weighted by molar-refractivity contribution is -0.166. The van der Waals surface area contributed by atoms with E-state index in [9.17, 15) is 34.2 Å². The van der Waals surface area contributed by atoms with Crippen LogP contribution in [0.3, 0.4) is 0 Å². The number of carbonyl (C=O) groups is 5. The number of rotatable bonds is 26. The summed E-state index contributed by atoms with van der Waals surface area (Å²) in [6, 6.07) is 66.8. The van der Waals surface area contributed by atoms with E-state index in [0.29, 0.717) is 70.2 Å². The molecule has 18 nitrogen and oxygen atoms in total. The summed E-state index contributed by atoms with van der Waals surface area (Å²) in [5, 5.41) is 57.6. The minimum atomic E-state index is -0.502. The first-order chi connectivity index (χ1) is 66.8. The first-order valence-electron chi connectivity index (χ1n) is 52.2. The third-order valence-electron chi connectivity index (χ3n) is 25.8. The van der Waals surface area contributed by atoms with Crippen molar-refractivity contribution in [2.45, 2.75) is 404 Å². The van der Waals surface area contributed by atoms with Crippen molar-refractivity contribution >= 4 is 51.7 Å². The van der Waals surface area contributed by atoms with Crippen LogP contribution in [-0.4, -0.2) is 102 Å². The van der Waals surface area contributed by atoms with E-state index in [2.05, 4.69) is 179 Å². The molecule has 0 aliphatic carbocycles. The standard InChI is InChI=1S/C23H23N.C12H16O3.C11H16O2.4C10H20O2.4C10H14O/c1-3-17(2)19-14-12-18(13-15-19)16-24-22-10-6-4-8-20(22)21-9-5-7-11-23(21)24;1-4-8(2)9-5-6-11(13)10(7-9)12(14)15-3;1-4-8(2)9-5-6-10(12)11(7-9)13-3;4*1-7-10(5,6)8(11)12-9(2,3)4;4*1-3-8(2)9-4-6-10(11)7-5-9/h4-15,17H,3,16H2,1-2H3;5-8,13H,4H2,1-3H3;5-8,12H,4H2,1-3H3;4*7H2,1-6H3;4*4-8,11H,3H2,1-2H3. The van der Waals surface area contributed by atoms with Gasteiger partial charge in [0.15, 0.2) is 11.5 Å². The smallest absolute Gasteiger partial charge is 0.341 e. The molecule has 0 bridgehead atoms. The van der Waals surface area contributed by atoms with Gasteiger partial charge in [0.1, 0.15) is 56.7 Å². The lowest BCUT2D eigenvalue weighted by Crippen LogP contribution is -2.33. The Bertz CT molecular complexity index is 4880. The van der Waals surface area contributed by atoms with E-state index in [1.165, 1.54) is 80.3 Å². The number of phenols is 6. The first kappa shape index (κ1) is 133. The molecule has 0 aliphatic heterocycles. The predicted molar refractivity (Wildman–Crippen MR) is 602 cm³/mol. The number of carbonyl (C=O) groups excluding carboxylic acids is 5. The number of aromatic nitrogens is 1. The minimum Gasteiger partial charge on any atom is -0.508 e. The van der Waals surface area contributed by atoms with Gasteiger partial charge in [0, 0.05) is 28.4 Å². The molecule has 10 rings (SSSR count). The number of phenolic OH excluding ortho intramolecular Hbond substituents is 6. The van der Waals surface area contributed by atoms with Crippen molar-refractivity contribution < 1.29 is 83.0 Å². The van der Waals surface area contributed by atoms with Crippen LogP contribution in [-0.2, 0) is 49.4 Å². The number of nitrogens with zero attached hydrogens (tertiary/aromatic N) is 1. The van der Waals surface area contributed by atoms with Crippen LogP contribution in [0.15, 0.2) is 206 Å². The number of hydrogen-bond donors (Lipinski definition) is 6. The van der Waals surface area contributed by atoms with Crippen molar-refractivity contribution in [3.63, 3.8) is 0 Å². The van der Waals surface area contributed by atoms with E-state index >= 15 is 0 Å². The maximum atomic E-state index is 11.5. The molecule has 1 heterocycles. The summed E-state index contributed by atoms with van der Waals surface area (Å²) in [4.78, 5) is 57.3. The molecule has 0 saturated heterocycles. The van der Waals surface area contributed by atoms with Crippen molar-refractivity contribution in [2.75, 3.05) is 14.2 Å². The molecule has 0 fully saturated rings. The molecular formula is C126H191NO17. The second-order valence-electron chi connectivity index (χ2n) is 44.0. The average molecular weight is 1990 g/mol. The Balaban J connectivity index is 0.00000158. The molecule has 1 aromatic heterocycles. The highest BCUT2D eigenvalue weighted by Gasteiger charge is 2.34. The quantitative estimate of drug-likeness (QED) is 0.0217. The molecule has 7 atom stereocenters. The highest BCUT2D eigenvalue weighted by molar-refractivity contribution is 6.08. The van der Waals surface area contributed by atoms with E-state index < -0.39 is 5.97 Å². The molecule has 10 aromatic rings. The molecule has 0 amide bonds. The maximum absolute atomic E-state index is 11.5. The third-order valence-corrected chi connectivity index (χ3v) is 25.8. The number of hydrogen-bond acceptors (Lipinski definition) is 17. The summed E-state index contributed by atoms with van der Waals surface area (Å²) in [6.45, 7) is 77.1. The van der Waals surface area contributed by atoms with Gasteiger partial charge >= 0.3 is 29.8 Å². The van der Waals surface area contributed by atoms with Gasteiger partial charge in [-0.15, -0.1) is 0 Å². The molecule has 6 N–H and O–H groups in total. The van der Waals surface area contributed by atoms with Gasteiger partial charge in [0.05, 0.1) is 35.9 Å². The van der Waals surface area contributed by atoms with Gasteiger partial charge in [-0.25, -0.2) is 4.79 Å². The molecule has 7 unspecified atom stereocenters. The number of aromatic hydroxyl groups is 6. The van der Waals surface area contributed by atoms with Crippen LogP contribution in [0, 0.1) is 21.7 Å². The Kier molecular flexibility index (Phi) is 58.9. The maximum Gasteiger partial charge on any atom is 0.341 e. The van der Waals surface area contributed by atoms with Gasteiger partial charge in [-0.3, -0.25) is 19.2 Å².